The molecule has 1 aliphatic rings. The lowest BCUT2D eigenvalue weighted by molar-refractivity contribution is -0.0394. The Kier molecular flexibility index (Phi) is 1.37. The minimum absolute atomic E-state index is 0.431. The number of hydrogen-bond donors (Lipinski definition) is 2. The van der Waals surface area contributed by atoms with Crippen LogP contribution in [0, 0.1) is 0 Å². The minimum Gasteiger partial charge on any atom is -0.383 e. The molecule has 0 aliphatic heterocycles. The summed E-state index contributed by atoms with van der Waals surface area (Å²) >= 11 is 1.28. The number of aliphatic hydroxyl groups is 1. The first kappa shape index (κ1) is 7.00. The standard InChI is InChI=1S/C6H9N3OS/c7-5-9-8-4(11-5)6(10)2-1-3-6/h10H,1-3H2,(H2,7,9). The fraction of sp³-hybridized carbons (Fsp3) is 0.667. The van der Waals surface area contributed by atoms with Gasteiger partial charge in [0.15, 0.2) is 5.01 Å². The zero-order valence-corrected chi connectivity index (χ0v) is 6.77. The second-order valence-electron chi connectivity index (χ2n) is 2.83. The van der Waals surface area contributed by atoms with Gasteiger partial charge in [-0.2, -0.15) is 0 Å². The largest absolute Gasteiger partial charge is 0.383 e. The van der Waals surface area contributed by atoms with Crippen LogP contribution in [0.5, 0.6) is 0 Å². The minimum atomic E-state index is -0.699. The summed E-state index contributed by atoms with van der Waals surface area (Å²) in [5.41, 5.74) is 4.69. The van der Waals surface area contributed by atoms with Crippen molar-refractivity contribution < 1.29 is 5.11 Å². The highest BCUT2D eigenvalue weighted by molar-refractivity contribution is 7.15. The first-order valence-corrected chi connectivity index (χ1v) is 4.34. The van der Waals surface area contributed by atoms with E-state index in [-0.39, 0.29) is 0 Å². The SMILES string of the molecule is Nc1nnc(C2(O)CCC2)s1. The first-order valence-electron chi connectivity index (χ1n) is 3.52. The average molecular weight is 171 g/mol. The molecule has 11 heavy (non-hydrogen) atoms. The van der Waals surface area contributed by atoms with Crippen LogP contribution in [0.4, 0.5) is 5.13 Å². The second-order valence-corrected chi connectivity index (χ2v) is 3.84. The van der Waals surface area contributed by atoms with E-state index in [0.717, 1.165) is 19.3 Å². The topological polar surface area (TPSA) is 72.0 Å². The molecule has 5 heteroatoms. The molecule has 0 aromatic carbocycles. The van der Waals surface area contributed by atoms with Crippen molar-refractivity contribution in [3.8, 4) is 0 Å². The average Bonchev–Trinajstić information content (AvgIpc) is 2.31. The molecule has 4 nitrogen and oxygen atoms in total. The van der Waals surface area contributed by atoms with E-state index in [1.807, 2.05) is 0 Å². The van der Waals surface area contributed by atoms with Crippen molar-refractivity contribution in [1.82, 2.24) is 10.2 Å². The summed E-state index contributed by atoms with van der Waals surface area (Å²) in [6.45, 7) is 0. The van der Waals surface area contributed by atoms with Crippen LogP contribution < -0.4 is 5.73 Å². The molecule has 0 atom stereocenters. The van der Waals surface area contributed by atoms with Crippen LogP contribution >= 0.6 is 11.3 Å². The molecule has 1 heterocycles. The number of anilines is 1. The molecule has 0 amide bonds. The summed E-state index contributed by atoms with van der Waals surface area (Å²) in [5, 5.41) is 18.3. The van der Waals surface area contributed by atoms with E-state index in [0.29, 0.717) is 10.1 Å². The van der Waals surface area contributed by atoms with Gasteiger partial charge in [0.25, 0.3) is 0 Å². The Morgan fingerprint density at radius 3 is 2.55 bits per heavy atom. The van der Waals surface area contributed by atoms with Crippen LogP contribution in [0.3, 0.4) is 0 Å². The van der Waals surface area contributed by atoms with Crippen molar-refractivity contribution in [3.63, 3.8) is 0 Å². The third-order valence-corrected chi connectivity index (χ3v) is 2.97. The lowest BCUT2D eigenvalue weighted by atomic mass is 9.81. The summed E-state index contributed by atoms with van der Waals surface area (Å²) < 4.78 is 0. The third-order valence-electron chi connectivity index (χ3n) is 2.02. The molecule has 0 saturated heterocycles. The Balaban J connectivity index is 2.28. The molecule has 0 bridgehead atoms. The summed E-state index contributed by atoms with van der Waals surface area (Å²) in [5.74, 6) is 0. The van der Waals surface area contributed by atoms with Gasteiger partial charge in [0.05, 0.1) is 0 Å². The highest BCUT2D eigenvalue weighted by Crippen LogP contribution is 2.42. The van der Waals surface area contributed by atoms with Crippen molar-refractivity contribution in [1.29, 1.82) is 0 Å². The summed E-state index contributed by atoms with van der Waals surface area (Å²) in [6.07, 6.45) is 2.65. The van der Waals surface area contributed by atoms with Crippen LogP contribution in [-0.4, -0.2) is 15.3 Å². The van der Waals surface area contributed by atoms with Gasteiger partial charge in [0.1, 0.15) is 5.60 Å². The van der Waals surface area contributed by atoms with Crippen LogP contribution in [0.1, 0.15) is 24.3 Å². The van der Waals surface area contributed by atoms with Gasteiger partial charge in [-0.15, -0.1) is 10.2 Å². The van der Waals surface area contributed by atoms with E-state index in [1.165, 1.54) is 11.3 Å². The van der Waals surface area contributed by atoms with Gasteiger partial charge in [-0.3, -0.25) is 0 Å². The maximum Gasteiger partial charge on any atom is 0.203 e. The quantitative estimate of drug-likeness (QED) is 0.645. The molecule has 2 rings (SSSR count). The fourth-order valence-corrected chi connectivity index (χ4v) is 1.90. The number of rotatable bonds is 1. The highest BCUT2D eigenvalue weighted by atomic mass is 32.1. The van der Waals surface area contributed by atoms with Crippen LogP contribution in [0.15, 0.2) is 0 Å². The molecule has 1 saturated carbocycles. The molecular formula is C6H9N3OS. The van der Waals surface area contributed by atoms with E-state index >= 15 is 0 Å². The Morgan fingerprint density at radius 1 is 1.45 bits per heavy atom. The number of aromatic nitrogens is 2. The van der Waals surface area contributed by atoms with Gasteiger partial charge in [-0.25, -0.2) is 0 Å². The van der Waals surface area contributed by atoms with Crippen LogP contribution in [-0.2, 0) is 5.60 Å². The van der Waals surface area contributed by atoms with E-state index < -0.39 is 5.60 Å². The van der Waals surface area contributed by atoms with Gasteiger partial charge < -0.3 is 10.8 Å². The molecule has 1 aromatic rings. The number of nitrogens with two attached hydrogens (primary N) is 1. The van der Waals surface area contributed by atoms with Crippen LogP contribution in [0.25, 0.3) is 0 Å². The van der Waals surface area contributed by atoms with Gasteiger partial charge in [0, 0.05) is 0 Å². The molecule has 1 fully saturated rings. The zero-order valence-electron chi connectivity index (χ0n) is 5.95. The fourth-order valence-electron chi connectivity index (χ4n) is 1.15. The Morgan fingerprint density at radius 2 is 2.18 bits per heavy atom. The Hall–Kier alpha value is -0.680. The monoisotopic (exact) mass is 171 g/mol. The van der Waals surface area contributed by atoms with Crippen molar-refractivity contribution in [2.75, 3.05) is 5.73 Å². The Bertz CT molecular complexity index is 269. The van der Waals surface area contributed by atoms with E-state index in [2.05, 4.69) is 10.2 Å². The maximum absolute atomic E-state index is 9.75. The molecule has 60 valence electrons. The predicted molar refractivity (Wildman–Crippen MR) is 42.1 cm³/mol. The van der Waals surface area contributed by atoms with Crippen LogP contribution in [0.2, 0.25) is 0 Å². The van der Waals surface area contributed by atoms with Gasteiger partial charge in [-0.1, -0.05) is 11.3 Å². The van der Waals surface area contributed by atoms with Crippen molar-refractivity contribution in [3.05, 3.63) is 5.01 Å². The first-order chi connectivity index (χ1) is 5.21. The molecule has 0 radical (unpaired) electrons. The zero-order chi connectivity index (χ0) is 7.90. The number of hydrogen-bond acceptors (Lipinski definition) is 5. The second kappa shape index (κ2) is 2.15. The van der Waals surface area contributed by atoms with Gasteiger partial charge >= 0.3 is 0 Å². The number of nitrogens with zero attached hydrogens (tertiary/aromatic N) is 2. The molecular weight excluding hydrogens is 162 g/mol. The smallest absolute Gasteiger partial charge is 0.203 e. The maximum atomic E-state index is 9.75. The highest BCUT2D eigenvalue weighted by Gasteiger charge is 2.39. The number of nitrogen functional groups attached to an aromatic ring is 1. The Labute approximate surface area is 68.1 Å². The molecule has 1 aromatic heterocycles. The molecule has 0 unspecified atom stereocenters. The predicted octanol–water partition coefficient (Wildman–Crippen LogP) is 0.492. The summed E-state index contributed by atoms with van der Waals surface area (Å²) in [4.78, 5) is 0. The normalized spacial score (nSPS) is 21.2. The summed E-state index contributed by atoms with van der Waals surface area (Å²) in [6, 6.07) is 0. The van der Waals surface area contributed by atoms with Gasteiger partial charge in [-0.05, 0) is 19.3 Å². The van der Waals surface area contributed by atoms with Crippen molar-refractivity contribution >= 4 is 16.5 Å². The lowest BCUT2D eigenvalue weighted by Crippen LogP contribution is -2.33. The van der Waals surface area contributed by atoms with E-state index in [1.54, 1.807) is 0 Å². The van der Waals surface area contributed by atoms with E-state index in [9.17, 15) is 5.11 Å². The van der Waals surface area contributed by atoms with Crippen molar-refractivity contribution in [2.45, 2.75) is 24.9 Å². The van der Waals surface area contributed by atoms with E-state index in [4.69, 9.17) is 5.73 Å². The third kappa shape index (κ3) is 1.00. The lowest BCUT2D eigenvalue weighted by Gasteiger charge is -2.33. The molecule has 3 N–H and O–H groups in total. The van der Waals surface area contributed by atoms with Crippen molar-refractivity contribution in [2.24, 2.45) is 0 Å². The van der Waals surface area contributed by atoms with Gasteiger partial charge in [0.2, 0.25) is 5.13 Å². The molecule has 1 aliphatic carbocycles. The summed E-state index contributed by atoms with van der Waals surface area (Å²) in [7, 11) is 0. The molecule has 0 spiro atoms.